The van der Waals surface area contributed by atoms with E-state index in [-0.39, 0.29) is 11.4 Å². The van der Waals surface area contributed by atoms with Gasteiger partial charge in [0.2, 0.25) is 10.0 Å². The Morgan fingerprint density at radius 3 is 2.74 bits per heavy atom. The first kappa shape index (κ1) is 22.3. The van der Waals surface area contributed by atoms with Crippen LogP contribution in [0, 0.1) is 12.7 Å². The molecule has 164 valence electrons. The van der Waals surface area contributed by atoms with Crippen molar-refractivity contribution in [1.29, 1.82) is 0 Å². The number of hydrogen-bond acceptors (Lipinski definition) is 6. The number of unbranched alkanes of at least 4 members (excludes halogenated alkanes) is 1. The molecule has 3 aromatic rings. The maximum Gasteiger partial charge on any atom is 0.243 e. The Labute approximate surface area is 190 Å². The number of thioether (sulfide) groups is 1. The summed E-state index contributed by atoms with van der Waals surface area (Å²) in [6, 6.07) is 12.6. The summed E-state index contributed by atoms with van der Waals surface area (Å²) in [5, 5.41) is 4.26. The van der Waals surface area contributed by atoms with Crippen LogP contribution < -0.4 is 10.0 Å². The van der Waals surface area contributed by atoms with Gasteiger partial charge in [-0.3, -0.25) is 0 Å². The molecule has 1 aliphatic heterocycles. The highest BCUT2D eigenvalue weighted by atomic mass is 32.2. The van der Waals surface area contributed by atoms with E-state index in [1.54, 1.807) is 24.3 Å². The molecule has 0 amide bonds. The third-order valence-corrected chi connectivity index (χ3v) is 8.82. The molecule has 1 aromatic heterocycles. The van der Waals surface area contributed by atoms with Gasteiger partial charge in [0.15, 0.2) is 5.13 Å². The molecule has 0 saturated carbocycles. The monoisotopic (exact) mass is 477 g/mol. The molecule has 0 saturated heterocycles. The summed E-state index contributed by atoms with van der Waals surface area (Å²) >= 11 is 3.56. The first-order chi connectivity index (χ1) is 15.0. The predicted molar refractivity (Wildman–Crippen MR) is 126 cm³/mol. The molecule has 0 bridgehead atoms. The highest BCUT2D eigenvalue weighted by Crippen LogP contribution is 2.40. The number of aromatic nitrogens is 1. The first-order valence-electron chi connectivity index (χ1n) is 10.2. The summed E-state index contributed by atoms with van der Waals surface area (Å²) < 4.78 is 41.2. The molecule has 9 heteroatoms. The number of fused-ring (bicyclic) bond motifs is 3. The van der Waals surface area contributed by atoms with Gasteiger partial charge >= 0.3 is 0 Å². The van der Waals surface area contributed by atoms with Crippen molar-refractivity contribution < 1.29 is 12.8 Å². The highest BCUT2D eigenvalue weighted by Gasteiger charge is 2.21. The predicted octanol–water partition coefficient (Wildman–Crippen LogP) is 5.08. The zero-order valence-corrected chi connectivity index (χ0v) is 19.6. The van der Waals surface area contributed by atoms with Gasteiger partial charge in [-0.05, 0) is 43.9 Å². The average molecular weight is 478 g/mol. The number of benzene rings is 2. The number of nitrogens with one attached hydrogen (secondary N) is 2. The van der Waals surface area contributed by atoms with Crippen molar-refractivity contribution in [2.24, 2.45) is 0 Å². The normalized spacial score (nSPS) is 13.4. The maximum atomic E-state index is 13.9. The molecule has 1 aliphatic rings. The summed E-state index contributed by atoms with van der Waals surface area (Å²) in [6.45, 7) is 2.55. The Bertz CT molecular complexity index is 1160. The minimum atomic E-state index is -3.85. The number of halogens is 1. The first-order valence-corrected chi connectivity index (χ1v) is 13.4. The molecule has 0 unspecified atom stereocenters. The van der Waals surface area contributed by atoms with Crippen LogP contribution in [-0.4, -0.2) is 32.2 Å². The summed E-state index contributed by atoms with van der Waals surface area (Å²) in [5.74, 6) is 0.325. The third kappa shape index (κ3) is 5.11. The lowest BCUT2D eigenvalue weighted by Crippen LogP contribution is -2.26. The van der Waals surface area contributed by atoms with E-state index in [1.165, 1.54) is 21.4 Å². The van der Waals surface area contributed by atoms with Crippen molar-refractivity contribution in [3.8, 4) is 11.3 Å². The number of aryl methyl sites for hydroxylation is 2. The fraction of sp³-hybridized carbons (Fsp3) is 0.318. The number of nitrogens with zero attached hydrogens (tertiary/aromatic N) is 1. The summed E-state index contributed by atoms with van der Waals surface area (Å²) in [4.78, 5) is 7.11. The zero-order valence-electron chi connectivity index (χ0n) is 17.2. The number of thiazole rings is 1. The number of rotatable bonds is 8. The lowest BCUT2D eigenvalue weighted by atomic mass is 10.1. The molecule has 0 atom stereocenters. The van der Waals surface area contributed by atoms with Crippen molar-refractivity contribution in [3.63, 3.8) is 0 Å². The average Bonchev–Trinajstić information content (AvgIpc) is 3.05. The van der Waals surface area contributed by atoms with Crippen LogP contribution in [0.4, 0.5) is 9.52 Å². The van der Waals surface area contributed by atoms with Gasteiger partial charge in [0.1, 0.15) is 10.7 Å². The van der Waals surface area contributed by atoms with Crippen molar-refractivity contribution >= 4 is 38.3 Å². The van der Waals surface area contributed by atoms with Crippen molar-refractivity contribution in [2.75, 3.05) is 24.2 Å². The summed E-state index contributed by atoms with van der Waals surface area (Å²) in [7, 11) is -3.85. The van der Waals surface area contributed by atoms with Crippen LogP contribution in [0.25, 0.3) is 11.3 Å². The topological polar surface area (TPSA) is 71.1 Å². The van der Waals surface area contributed by atoms with Gasteiger partial charge in [-0.15, -0.1) is 23.1 Å². The van der Waals surface area contributed by atoms with E-state index < -0.39 is 15.8 Å². The zero-order chi connectivity index (χ0) is 21.8. The molecule has 2 N–H and O–H groups in total. The van der Waals surface area contributed by atoms with Crippen LogP contribution in [0.3, 0.4) is 0 Å². The Morgan fingerprint density at radius 1 is 1.10 bits per heavy atom. The van der Waals surface area contributed by atoms with Crippen LogP contribution in [0.5, 0.6) is 0 Å². The van der Waals surface area contributed by atoms with E-state index in [2.05, 4.69) is 28.2 Å². The van der Waals surface area contributed by atoms with E-state index in [1.807, 2.05) is 17.8 Å². The minimum Gasteiger partial charge on any atom is -0.361 e. The van der Waals surface area contributed by atoms with Crippen LogP contribution in [-0.2, 0) is 16.4 Å². The van der Waals surface area contributed by atoms with Gasteiger partial charge in [0.25, 0.3) is 0 Å². The molecule has 2 aromatic carbocycles. The van der Waals surface area contributed by atoms with Crippen molar-refractivity contribution in [2.45, 2.75) is 36.0 Å². The Morgan fingerprint density at radius 2 is 1.90 bits per heavy atom. The van der Waals surface area contributed by atoms with E-state index in [0.717, 1.165) is 35.5 Å². The van der Waals surface area contributed by atoms with E-state index >= 15 is 0 Å². The van der Waals surface area contributed by atoms with E-state index in [0.29, 0.717) is 18.5 Å². The molecule has 0 radical (unpaired) electrons. The third-order valence-electron chi connectivity index (χ3n) is 5.03. The second kappa shape index (κ2) is 9.68. The van der Waals surface area contributed by atoms with Gasteiger partial charge in [-0.2, -0.15) is 0 Å². The Balaban J connectivity index is 1.28. The fourth-order valence-corrected chi connectivity index (χ4v) is 7.06. The van der Waals surface area contributed by atoms with Crippen molar-refractivity contribution in [1.82, 2.24) is 9.71 Å². The van der Waals surface area contributed by atoms with Gasteiger partial charge in [-0.25, -0.2) is 22.5 Å². The Hall–Kier alpha value is -1.94. The van der Waals surface area contributed by atoms with Crippen LogP contribution in [0.1, 0.15) is 23.3 Å². The van der Waals surface area contributed by atoms with E-state index in [9.17, 15) is 12.8 Å². The fourth-order valence-electron chi connectivity index (χ4n) is 3.53. The van der Waals surface area contributed by atoms with Crippen LogP contribution in [0.15, 0.2) is 52.3 Å². The molecular formula is C22H24FN3O2S3. The smallest absolute Gasteiger partial charge is 0.243 e. The summed E-state index contributed by atoms with van der Waals surface area (Å²) in [6.07, 6.45) is 2.42. The summed E-state index contributed by atoms with van der Waals surface area (Å²) in [5.41, 5.74) is 2.67. The van der Waals surface area contributed by atoms with Gasteiger partial charge in [0, 0.05) is 34.2 Å². The molecule has 31 heavy (non-hydrogen) atoms. The molecule has 4 rings (SSSR count). The number of hydrogen-bond donors (Lipinski definition) is 2. The molecule has 0 spiro atoms. The molecule has 5 nitrogen and oxygen atoms in total. The number of anilines is 1. The van der Waals surface area contributed by atoms with Gasteiger partial charge in [-0.1, -0.05) is 30.3 Å². The number of sulfonamides is 1. The lowest BCUT2D eigenvalue weighted by Gasteiger charge is -2.10. The molecule has 2 heterocycles. The maximum absolute atomic E-state index is 13.9. The lowest BCUT2D eigenvalue weighted by molar-refractivity contribution is 0.552. The largest absolute Gasteiger partial charge is 0.361 e. The van der Waals surface area contributed by atoms with Crippen LogP contribution in [0.2, 0.25) is 0 Å². The SMILES string of the molecule is Cc1cccc(F)c1S(=O)(=O)NCCCCNc1nc2c(s1)CCSc1ccccc1-2. The standard InChI is InChI=1S/C22H24FN3O2S3/c1-15-7-6-9-17(23)21(15)31(27,28)25-13-5-4-12-24-22-26-20-16-8-2-3-10-18(16)29-14-11-19(20)30-22/h2-3,6-10,25H,4-5,11-14H2,1H3,(H,24,26). The molecule has 0 fully saturated rings. The van der Waals surface area contributed by atoms with Crippen molar-refractivity contribution in [3.05, 3.63) is 58.7 Å². The second-order valence-corrected chi connectivity index (χ2v) is 11.2. The Kier molecular flexibility index (Phi) is 6.95. The van der Waals surface area contributed by atoms with Crippen LogP contribution >= 0.6 is 23.1 Å². The van der Waals surface area contributed by atoms with Gasteiger partial charge in [0.05, 0.1) is 5.69 Å². The van der Waals surface area contributed by atoms with E-state index in [4.69, 9.17) is 4.98 Å². The molecule has 0 aliphatic carbocycles. The molecular weight excluding hydrogens is 453 g/mol. The highest BCUT2D eigenvalue weighted by molar-refractivity contribution is 7.99. The van der Waals surface area contributed by atoms with Gasteiger partial charge < -0.3 is 5.32 Å². The quantitative estimate of drug-likeness (QED) is 0.443. The minimum absolute atomic E-state index is 0.261. The second-order valence-electron chi connectivity index (χ2n) is 7.30.